The van der Waals surface area contributed by atoms with Crippen LogP contribution < -0.4 is 15.5 Å². The van der Waals surface area contributed by atoms with Crippen LogP contribution >= 0.6 is 11.8 Å². The van der Waals surface area contributed by atoms with E-state index in [-0.39, 0.29) is 40.4 Å². The van der Waals surface area contributed by atoms with Gasteiger partial charge in [0, 0.05) is 23.3 Å². The number of imide groups is 1. The molecule has 3 aromatic rings. The minimum atomic E-state index is -4.46. The Morgan fingerprint density at radius 1 is 1.03 bits per heavy atom. The number of anilines is 3. The summed E-state index contributed by atoms with van der Waals surface area (Å²) in [6.45, 7) is 3.11. The highest BCUT2D eigenvalue weighted by Gasteiger charge is 2.51. The lowest BCUT2D eigenvalue weighted by Gasteiger charge is -2.27. The molecule has 13 heteroatoms. The number of nitrogens with one attached hydrogen (secondary N) is 2. The van der Waals surface area contributed by atoms with Crippen LogP contribution in [0.1, 0.15) is 19.4 Å². The molecule has 0 bridgehead atoms. The molecule has 1 fully saturated rings. The van der Waals surface area contributed by atoms with Crippen molar-refractivity contribution in [3.63, 3.8) is 0 Å². The molecule has 38 heavy (non-hydrogen) atoms. The summed E-state index contributed by atoms with van der Waals surface area (Å²) in [5.74, 6) is -0.900. The molecule has 4 rings (SSSR count). The molecule has 1 aliphatic heterocycles. The summed E-state index contributed by atoms with van der Waals surface area (Å²) in [6.07, 6.45) is 1.41. The Kier molecular flexibility index (Phi) is 7.31. The third kappa shape index (κ3) is 6.05. The van der Waals surface area contributed by atoms with E-state index in [1.807, 2.05) is 0 Å². The first-order chi connectivity index (χ1) is 17.8. The van der Waals surface area contributed by atoms with Gasteiger partial charge in [0.25, 0.3) is 5.91 Å². The molecular formula is C25H21F4N5O3S. The highest BCUT2D eigenvalue weighted by molar-refractivity contribution is 8.00. The first-order valence-corrected chi connectivity index (χ1v) is 12.0. The number of carbonyl (C=O) groups excluding carboxylic acids is 3. The van der Waals surface area contributed by atoms with Gasteiger partial charge in [-0.1, -0.05) is 6.07 Å². The maximum atomic E-state index is 13.3. The van der Waals surface area contributed by atoms with Crippen molar-refractivity contribution in [2.24, 2.45) is 0 Å². The fraction of sp³-hybridized carbons (Fsp3) is 0.200. The summed E-state index contributed by atoms with van der Waals surface area (Å²) in [5, 5.41) is 5.01. The molecular weight excluding hydrogens is 526 g/mol. The molecule has 1 aliphatic rings. The third-order valence-corrected chi connectivity index (χ3v) is 6.38. The maximum absolute atomic E-state index is 13.3. The monoisotopic (exact) mass is 547 g/mol. The molecule has 0 atom stereocenters. The minimum absolute atomic E-state index is 0.0151. The molecule has 2 heterocycles. The first-order valence-electron chi connectivity index (χ1n) is 11.1. The van der Waals surface area contributed by atoms with E-state index in [9.17, 15) is 31.9 Å². The fourth-order valence-corrected chi connectivity index (χ4v) is 4.33. The molecule has 1 saturated heterocycles. The number of halogens is 4. The van der Waals surface area contributed by atoms with Crippen LogP contribution in [0.4, 0.5) is 44.3 Å². The molecule has 0 spiro atoms. The van der Waals surface area contributed by atoms with Crippen molar-refractivity contribution in [1.82, 2.24) is 9.88 Å². The Morgan fingerprint density at radius 2 is 1.74 bits per heavy atom. The van der Waals surface area contributed by atoms with Gasteiger partial charge in [-0.05, 0) is 85.8 Å². The summed E-state index contributed by atoms with van der Waals surface area (Å²) in [7, 11) is 0. The van der Waals surface area contributed by atoms with E-state index in [4.69, 9.17) is 0 Å². The Hall–Kier alpha value is -4.13. The third-order valence-electron chi connectivity index (χ3n) is 5.64. The lowest BCUT2D eigenvalue weighted by atomic mass is 10.0. The predicted octanol–water partition coefficient (Wildman–Crippen LogP) is 6.22. The van der Waals surface area contributed by atoms with Crippen LogP contribution in [0.15, 0.2) is 71.8 Å². The number of hydrogen-bond acceptors (Lipinski definition) is 5. The quantitative estimate of drug-likeness (QED) is 0.217. The molecule has 2 aromatic carbocycles. The molecule has 2 N–H and O–H groups in total. The van der Waals surface area contributed by atoms with Crippen LogP contribution in [0.2, 0.25) is 0 Å². The van der Waals surface area contributed by atoms with Gasteiger partial charge in [0.15, 0.2) is 0 Å². The van der Waals surface area contributed by atoms with E-state index < -0.39 is 34.8 Å². The number of hydrogen-bond donors (Lipinski definition) is 2. The number of aromatic nitrogens is 1. The van der Waals surface area contributed by atoms with Crippen LogP contribution in [0, 0.1) is 5.82 Å². The zero-order valence-electron chi connectivity index (χ0n) is 20.0. The van der Waals surface area contributed by atoms with Gasteiger partial charge < -0.3 is 10.2 Å². The van der Waals surface area contributed by atoms with Crippen LogP contribution in [0.3, 0.4) is 0 Å². The van der Waals surface area contributed by atoms with Gasteiger partial charge in [0.1, 0.15) is 17.2 Å². The van der Waals surface area contributed by atoms with Crippen molar-refractivity contribution in [1.29, 1.82) is 0 Å². The van der Waals surface area contributed by atoms with E-state index >= 15 is 0 Å². The van der Waals surface area contributed by atoms with Gasteiger partial charge in [-0.2, -0.15) is 13.2 Å². The summed E-state index contributed by atoms with van der Waals surface area (Å²) in [4.78, 5) is 44.9. The number of urea groups is 2. The Morgan fingerprint density at radius 3 is 2.39 bits per heavy atom. The largest absolute Gasteiger partial charge is 0.446 e. The first kappa shape index (κ1) is 26.9. The van der Waals surface area contributed by atoms with E-state index in [2.05, 4.69) is 15.6 Å². The topological polar surface area (TPSA) is 94.6 Å². The van der Waals surface area contributed by atoms with Crippen LogP contribution in [0.25, 0.3) is 0 Å². The van der Waals surface area contributed by atoms with Crippen molar-refractivity contribution in [3.05, 3.63) is 78.2 Å². The zero-order valence-corrected chi connectivity index (χ0v) is 20.9. The van der Waals surface area contributed by atoms with Gasteiger partial charge in [-0.25, -0.2) is 23.9 Å². The van der Waals surface area contributed by atoms with Gasteiger partial charge >= 0.3 is 17.6 Å². The smallest absolute Gasteiger partial charge is 0.308 e. The number of alkyl halides is 3. The van der Waals surface area contributed by atoms with E-state index in [0.29, 0.717) is 5.56 Å². The molecule has 0 saturated carbocycles. The summed E-state index contributed by atoms with van der Waals surface area (Å²) < 4.78 is 51.2. The molecule has 198 valence electrons. The SMILES string of the molecule is CC1(C)C(=O)N(c2ccc(SC(F)(F)F)cc2)C(=O)N1Cc1ccnc(NC(=O)Nc2cccc(F)c2)c1. The van der Waals surface area contributed by atoms with Crippen molar-refractivity contribution >= 4 is 46.9 Å². The second kappa shape index (κ2) is 10.3. The zero-order chi connectivity index (χ0) is 27.7. The minimum Gasteiger partial charge on any atom is -0.308 e. The van der Waals surface area contributed by atoms with Crippen molar-refractivity contribution < 1.29 is 31.9 Å². The lowest BCUT2D eigenvalue weighted by molar-refractivity contribution is -0.123. The average Bonchev–Trinajstić information content (AvgIpc) is 2.98. The van der Waals surface area contributed by atoms with Crippen LogP contribution in [0.5, 0.6) is 0 Å². The number of rotatable bonds is 6. The number of amides is 5. The second-order valence-electron chi connectivity index (χ2n) is 8.75. The lowest BCUT2D eigenvalue weighted by Crippen LogP contribution is -2.43. The molecule has 0 radical (unpaired) electrons. The van der Waals surface area contributed by atoms with Gasteiger partial charge in [0.05, 0.1) is 5.69 Å². The number of benzene rings is 2. The molecule has 0 unspecified atom stereocenters. The molecule has 8 nitrogen and oxygen atoms in total. The second-order valence-corrected chi connectivity index (χ2v) is 9.89. The Labute approximate surface area is 219 Å². The Bertz CT molecular complexity index is 1380. The van der Waals surface area contributed by atoms with Crippen LogP contribution in [-0.2, 0) is 11.3 Å². The average molecular weight is 548 g/mol. The van der Waals surface area contributed by atoms with Crippen LogP contribution in [-0.4, -0.2) is 38.9 Å². The molecule has 1 aromatic heterocycles. The highest BCUT2D eigenvalue weighted by atomic mass is 32.2. The highest BCUT2D eigenvalue weighted by Crippen LogP contribution is 2.39. The van der Waals surface area contributed by atoms with Crippen molar-refractivity contribution in [2.75, 3.05) is 15.5 Å². The van der Waals surface area contributed by atoms with Crippen molar-refractivity contribution in [3.8, 4) is 0 Å². The summed E-state index contributed by atoms with van der Waals surface area (Å²) >= 11 is -0.294. The fourth-order valence-electron chi connectivity index (χ4n) is 3.79. The Balaban J connectivity index is 1.48. The predicted molar refractivity (Wildman–Crippen MR) is 134 cm³/mol. The van der Waals surface area contributed by atoms with Gasteiger partial charge in [0.2, 0.25) is 0 Å². The number of pyridine rings is 1. The number of nitrogens with zero attached hydrogens (tertiary/aromatic N) is 3. The molecule has 0 aliphatic carbocycles. The van der Waals surface area contributed by atoms with E-state index in [1.54, 1.807) is 19.9 Å². The van der Waals surface area contributed by atoms with Gasteiger partial charge in [-0.3, -0.25) is 10.1 Å². The van der Waals surface area contributed by atoms with Gasteiger partial charge in [-0.15, -0.1) is 0 Å². The summed E-state index contributed by atoms with van der Waals surface area (Å²) in [6, 6.07) is 12.1. The van der Waals surface area contributed by atoms with E-state index in [1.165, 1.54) is 59.6 Å². The standard InChI is InChI=1S/C25H21F4N5O3S/c1-24(2)21(35)34(18-6-8-19(9-7-18)38-25(27,28)29)23(37)33(24)14-15-10-11-30-20(12-15)32-22(36)31-17-5-3-4-16(26)13-17/h3-13H,14H2,1-2H3,(H2,30,31,32,36). The maximum Gasteiger partial charge on any atom is 0.446 e. The number of thioether (sulfide) groups is 1. The number of carbonyl (C=O) groups is 3. The molecule has 5 amide bonds. The van der Waals surface area contributed by atoms with E-state index in [0.717, 1.165) is 11.0 Å². The summed E-state index contributed by atoms with van der Waals surface area (Å²) in [5.41, 5.74) is -4.78. The van der Waals surface area contributed by atoms with Crippen molar-refractivity contribution in [2.45, 2.75) is 36.3 Å². The normalized spacial score (nSPS) is 15.1.